The van der Waals surface area contributed by atoms with E-state index in [1.807, 2.05) is 0 Å². The lowest BCUT2D eigenvalue weighted by Gasteiger charge is -2.21. The van der Waals surface area contributed by atoms with Crippen LogP contribution in [0.1, 0.15) is 57.8 Å². The predicted octanol–water partition coefficient (Wildman–Crippen LogP) is 2.46. The molecule has 19 heavy (non-hydrogen) atoms. The third-order valence-electron chi connectivity index (χ3n) is 5.38. The Hall–Kier alpha value is -0.570. The summed E-state index contributed by atoms with van der Waals surface area (Å²) in [7, 11) is 0. The molecule has 0 aromatic carbocycles. The molecule has 3 nitrogen and oxygen atoms in total. The van der Waals surface area contributed by atoms with Gasteiger partial charge in [0.15, 0.2) is 0 Å². The third kappa shape index (κ3) is 3.71. The quantitative estimate of drug-likeness (QED) is 0.801. The smallest absolute Gasteiger partial charge is 0.220 e. The molecule has 0 radical (unpaired) electrons. The molecule has 2 aliphatic carbocycles. The van der Waals surface area contributed by atoms with E-state index in [4.69, 9.17) is 0 Å². The predicted molar refractivity (Wildman–Crippen MR) is 76.8 cm³/mol. The van der Waals surface area contributed by atoms with Gasteiger partial charge in [0.25, 0.3) is 0 Å². The van der Waals surface area contributed by atoms with E-state index in [0.29, 0.717) is 11.9 Å². The van der Waals surface area contributed by atoms with E-state index < -0.39 is 0 Å². The van der Waals surface area contributed by atoms with Crippen LogP contribution < -0.4 is 10.6 Å². The van der Waals surface area contributed by atoms with E-state index in [-0.39, 0.29) is 0 Å². The Morgan fingerprint density at radius 3 is 2.74 bits per heavy atom. The lowest BCUT2D eigenvalue weighted by molar-refractivity contribution is -0.121. The van der Waals surface area contributed by atoms with Gasteiger partial charge in [0.1, 0.15) is 0 Å². The summed E-state index contributed by atoms with van der Waals surface area (Å²) < 4.78 is 0. The summed E-state index contributed by atoms with van der Waals surface area (Å²) in [4.78, 5) is 11.9. The summed E-state index contributed by atoms with van der Waals surface area (Å²) in [6.07, 6.45) is 11.4. The van der Waals surface area contributed by atoms with Gasteiger partial charge >= 0.3 is 0 Å². The van der Waals surface area contributed by atoms with Gasteiger partial charge in [-0.2, -0.15) is 0 Å². The SMILES string of the molecule is O=C(CCC1CCNC1)NC1CC1C1CCCCC1. The Kier molecular flexibility index (Phi) is 4.42. The Morgan fingerprint density at radius 2 is 2.00 bits per heavy atom. The van der Waals surface area contributed by atoms with Crippen LogP contribution in [-0.2, 0) is 4.79 Å². The molecule has 0 spiro atoms. The van der Waals surface area contributed by atoms with Gasteiger partial charge in [0, 0.05) is 12.5 Å². The van der Waals surface area contributed by atoms with Crippen LogP contribution in [0.3, 0.4) is 0 Å². The summed E-state index contributed by atoms with van der Waals surface area (Å²) >= 11 is 0. The van der Waals surface area contributed by atoms with Crippen molar-refractivity contribution in [1.29, 1.82) is 0 Å². The Bertz CT molecular complexity index is 306. The highest BCUT2D eigenvalue weighted by atomic mass is 16.1. The molecule has 3 heteroatoms. The second kappa shape index (κ2) is 6.25. The fraction of sp³-hybridized carbons (Fsp3) is 0.938. The highest BCUT2D eigenvalue weighted by Gasteiger charge is 2.43. The van der Waals surface area contributed by atoms with Crippen molar-refractivity contribution in [3.05, 3.63) is 0 Å². The first-order chi connectivity index (χ1) is 9.33. The summed E-state index contributed by atoms with van der Waals surface area (Å²) in [5, 5.41) is 6.63. The number of hydrogen-bond donors (Lipinski definition) is 2. The molecular formula is C16H28N2O. The zero-order valence-electron chi connectivity index (χ0n) is 12.0. The zero-order chi connectivity index (χ0) is 13.1. The van der Waals surface area contributed by atoms with Gasteiger partial charge in [0.05, 0.1) is 0 Å². The molecule has 108 valence electrons. The first-order valence-corrected chi connectivity index (χ1v) is 8.33. The van der Waals surface area contributed by atoms with Crippen molar-refractivity contribution in [2.45, 2.75) is 63.8 Å². The molecule has 2 saturated carbocycles. The number of nitrogens with one attached hydrogen (secondary N) is 2. The molecule has 1 aliphatic heterocycles. The molecule has 1 saturated heterocycles. The van der Waals surface area contributed by atoms with E-state index in [0.717, 1.165) is 43.7 Å². The maximum absolute atomic E-state index is 11.9. The molecule has 1 amide bonds. The van der Waals surface area contributed by atoms with E-state index in [1.54, 1.807) is 0 Å². The number of rotatable bonds is 5. The first-order valence-electron chi connectivity index (χ1n) is 8.33. The molecule has 3 atom stereocenters. The van der Waals surface area contributed by atoms with Crippen LogP contribution in [0.5, 0.6) is 0 Å². The van der Waals surface area contributed by atoms with Crippen molar-refractivity contribution in [2.24, 2.45) is 17.8 Å². The van der Waals surface area contributed by atoms with Crippen LogP contribution in [0.15, 0.2) is 0 Å². The van der Waals surface area contributed by atoms with Gasteiger partial charge in [-0.05, 0) is 50.1 Å². The average molecular weight is 264 g/mol. The lowest BCUT2D eigenvalue weighted by Crippen LogP contribution is -2.28. The summed E-state index contributed by atoms with van der Waals surface area (Å²) in [6.45, 7) is 2.25. The van der Waals surface area contributed by atoms with Gasteiger partial charge in [-0.1, -0.05) is 32.1 Å². The Balaban J connectivity index is 1.32. The van der Waals surface area contributed by atoms with E-state index in [1.165, 1.54) is 44.9 Å². The van der Waals surface area contributed by atoms with Crippen LogP contribution in [0.25, 0.3) is 0 Å². The van der Waals surface area contributed by atoms with E-state index in [9.17, 15) is 4.79 Å². The summed E-state index contributed by atoms with van der Waals surface area (Å²) in [5.41, 5.74) is 0. The minimum Gasteiger partial charge on any atom is -0.353 e. The summed E-state index contributed by atoms with van der Waals surface area (Å²) in [6, 6.07) is 0.525. The van der Waals surface area contributed by atoms with Gasteiger partial charge in [-0.25, -0.2) is 0 Å². The van der Waals surface area contributed by atoms with Gasteiger partial charge in [0.2, 0.25) is 5.91 Å². The van der Waals surface area contributed by atoms with Crippen LogP contribution in [-0.4, -0.2) is 25.0 Å². The second-order valence-corrected chi connectivity index (χ2v) is 6.87. The third-order valence-corrected chi connectivity index (χ3v) is 5.38. The standard InChI is InChI=1S/C16H28N2O/c19-16(7-6-12-8-9-17-11-12)18-15-10-14(15)13-4-2-1-3-5-13/h12-15,17H,1-11H2,(H,18,19). The lowest BCUT2D eigenvalue weighted by atomic mass is 9.85. The van der Waals surface area contributed by atoms with Crippen LogP contribution >= 0.6 is 0 Å². The first kappa shape index (κ1) is 13.4. The molecule has 0 aromatic heterocycles. The fourth-order valence-corrected chi connectivity index (χ4v) is 4.04. The normalized spacial score (nSPS) is 35.3. The molecule has 0 aromatic rings. The monoisotopic (exact) mass is 264 g/mol. The molecular weight excluding hydrogens is 236 g/mol. The minimum atomic E-state index is 0.301. The Morgan fingerprint density at radius 1 is 1.16 bits per heavy atom. The molecule has 3 unspecified atom stereocenters. The molecule has 1 heterocycles. The minimum absolute atomic E-state index is 0.301. The second-order valence-electron chi connectivity index (χ2n) is 6.87. The molecule has 3 rings (SSSR count). The van der Waals surface area contributed by atoms with E-state index >= 15 is 0 Å². The van der Waals surface area contributed by atoms with Crippen LogP contribution in [0.4, 0.5) is 0 Å². The average Bonchev–Trinajstić information content (AvgIpc) is 3.00. The van der Waals surface area contributed by atoms with Gasteiger partial charge in [-0.15, -0.1) is 0 Å². The van der Waals surface area contributed by atoms with Crippen LogP contribution in [0.2, 0.25) is 0 Å². The maximum Gasteiger partial charge on any atom is 0.220 e. The Labute approximate surface area is 116 Å². The largest absolute Gasteiger partial charge is 0.353 e. The van der Waals surface area contributed by atoms with Crippen molar-refractivity contribution in [1.82, 2.24) is 10.6 Å². The highest BCUT2D eigenvalue weighted by Crippen LogP contribution is 2.44. The van der Waals surface area contributed by atoms with E-state index in [2.05, 4.69) is 10.6 Å². The molecule has 3 aliphatic rings. The van der Waals surface area contributed by atoms with Crippen molar-refractivity contribution in [3.8, 4) is 0 Å². The number of carbonyl (C=O) groups excluding carboxylic acids is 1. The number of hydrogen-bond acceptors (Lipinski definition) is 2. The van der Waals surface area contributed by atoms with Crippen molar-refractivity contribution in [2.75, 3.05) is 13.1 Å². The number of amides is 1. The molecule has 3 fully saturated rings. The topological polar surface area (TPSA) is 41.1 Å². The van der Waals surface area contributed by atoms with Gasteiger partial charge < -0.3 is 10.6 Å². The molecule has 0 bridgehead atoms. The van der Waals surface area contributed by atoms with Crippen LogP contribution in [0, 0.1) is 17.8 Å². The number of carbonyl (C=O) groups is 1. The fourth-order valence-electron chi connectivity index (χ4n) is 4.04. The highest BCUT2D eigenvalue weighted by molar-refractivity contribution is 5.76. The zero-order valence-corrected chi connectivity index (χ0v) is 12.0. The molecule has 2 N–H and O–H groups in total. The van der Waals surface area contributed by atoms with Gasteiger partial charge in [-0.3, -0.25) is 4.79 Å². The maximum atomic E-state index is 11.9. The summed E-state index contributed by atoms with van der Waals surface area (Å²) in [5.74, 6) is 2.77. The van der Waals surface area contributed by atoms with Crippen molar-refractivity contribution < 1.29 is 4.79 Å². The van der Waals surface area contributed by atoms with Crippen molar-refractivity contribution >= 4 is 5.91 Å². The van der Waals surface area contributed by atoms with Crippen molar-refractivity contribution in [3.63, 3.8) is 0 Å².